The Balaban J connectivity index is 1.99. The van der Waals surface area contributed by atoms with Crippen molar-refractivity contribution in [3.63, 3.8) is 0 Å². The molecule has 0 radical (unpaired) electrons. The van der Waals surface area contributed by atoms with Gasteiger partial charge in [0.15, 0.2) is 17.3 Å². The topological polar surface area (TPSA) is 105 Å². The van der Waals surface area contributed by atoms with Gasteiger partial charge in [0.1, 0.15) is 11.4 Å². The number of halogens is 1. The second kappa shape index (κ2) is 9.45. The molecular formula is C19H18FNO7. The summed E-state index contributed by atoms with van der Waals surface area (Å²) in [6.07, 6.45) is 0.288. The summed E-state index contributed by atoms with van der Waals surface area (Å²) in [6, 6.07) is 7.36. The molecule has 0 spiro atoms. The molecule has 2 rings (SSSR count). The lowest BCUT2D eigenvalue weighted by Crippen LogP contribution is -2.11. The number of carbonyl (C=O) groups is 2. The van der Waals surface area contributed by atoms with E-state index < -0.39 is 22.4 Å². The van der Waals surface area contributed by atoms with Crippen molar-refractivity contribution < 1.29 is 33.1 Å². The van der Waals surface area contributed by atoms with Crippen molar-refractivity contribution in [1.82, 2.24) is 0 Å². The second-order valence-electron chi connectivity index (χ2n) is 5.65. The second-order valence-corrected chi connectivity index (χ2v) is 5.65. The van der Waals surface area contributed by atoms with Crippen molar-refractivity contribution >= 4 is 17.4 Å². The minimum absolute atomic E-state index is 0.0763. The van der Waals surface area contributed by atoms with E-state index in [2.05, 4.69) is 0 Å². The van der Waals surface area contributed by atoms with Crippen LogP contribution in [0.15, 0.2) is 36.4 Å². The SMILES string of the molecule is COc1cc(C(=O)OCCCC(=O)c2ccc(F)cc2)c([N+](=O)[O-])cc1OC. The Bertz CT molecular complexity index is 881. The van der Waals surface area contributed by atoms with E-state index in [0.29, 0.717) is 5.56 Å². The van der Waals surface area contributed by atoms with E-state index in [4.69, 9.17) is 14.2 Å². The highest BCUT2D eigenvalue weighted by Crippen LogP contribution is 2.34. The first-order chi connectivity index (χ1) is 13.4. The summed E-state index contributed by atoms with van der Waals surface area (Å²) in [5.74, 6) is -1.33. The lowest BCUT2D eigenvalue weighted by atomic mass is 10.1. The van der Waals surface area contributed by atoms with Gasteiger partial charge in [0.05, 0.1) is 31.8 Å². The smallest absolute Gasteiger partial charge is 0.345 e. The molecular weight excluding hydrogens is 373 g/mol. The van der Waals surface area contributed by atoms with E-state index in [1.54, 1.807) is 0 Å². The van der Waals surface area contributed by atoms with E-state index in [1.807, 2.05) is 0 Å². The predicted molar refractivity (Wildman–Crippen MR) is 96.4 cm³/mol. The molecule has 0 bridgehead atoms. The third-order valence-electron chi connectivity index (χ3n) is 3.87. The number of esters is 1. The number of hydrogen-bond donors (Lipinski definition) is 0. The van der Waals surface area contributed by atoms with Crippen molar-refractivity contribution in [1.29, 1.82) is 0 Å². The number of Topliss-reactive ketones (excluding diaryl/α,β-unsaturated/α-hetero) is 1. The van der Waals surface area contributed by atoms with Gasteiger partial charge >= 0.3 is 5.97 Å². The maximum atomic E-state index is 12.9. The lowest BCUT2D eigenvalue weighted by molar-refractivity contribution is -0.385. The third-order valence-corrected chi connectivity index (χ3v) is 3.87. The number of nitro benzene ring substituents is 1. The van der Waals surface area contributed by atoms with Gasteiger partial charge in [-0.15, -0.1) is 0 Å². The average molecular weight is 391 g/mol. The molecule has 2 aromatic rings. The molecule has 0 aliphatic rings. The number of nitro groups is 1. The minimum atomic E-state index is -0.915. The van der Waals surface area contributed by atoms with Crippen LogP contribution in [0.5, 0.6) is 11.5 Å². The number of hydrogen-bond acceptors (Lipinski definition) is 7. The molecule has 148 valence electrons. The van der Waals surface area contributed by atoms with E-state index in [1.165, 1.54) is 44.6 Å². The fraction of sp³-hybridized carbons (Fsp3) is 0.263. The fourth-order valence-electron chi connectivity index (χ4n) is 2.44. The summed E-state index contributed by atoms with van der Waals surface area (Å²) < 4.78 is 28.0. The molecule has 8 nitrogen and oxygen atoms in total. The molecule has 0 aromatic heterocycles. The van der Waals surface area contributed by atoms with Crippen LogP contribution in [0.1, 0.15) is 33.6 Å². The van der Waals surface area contributed by atoms with E-state index in [-0.39, 0.29) is 42.3 Å². The van der Waals surface area contributed by atoms with Crippen molar-refractivity contribution in [2.75, 3.05) is 20.8 Å². The Morgan fingerprint density at radius 1 is 1.07 bits per heavy atom. The molecule has 2 aromatic carbocycles. The van der Waals surface area contributed by atoms with Crippen molar-refractivity contribution in [2.45, 2.75) is 12.8 Å². The number of rotatable bonds is 9. The van der Waals surface area contributed by atoms with Crippen LogP contribution in [0, 0.1) is 15.9 Å². The van der Waals surface area contributed by atoms with Gasteiger partial charge in [0.25, 0.3) is 5.69 Å². The van der Waals surface area contributed by atoms with Gasteiger partial charge < -0.3 is 14.2 Å². The number of ether oxygens (including phenoxy) is 3. The number of ketones is 1. The van der Waals surface area contributed by atoms with Crippen LogP contribution in [0.4, 0.5) is 10.1 Å². The summed E-state index contributed by atoms with van der Waals surface area (Å²) in [5, 5.41) is 11.2. The third kappa shape index (κ3) is 5.03. The van der Waals surface area contributed by atoms with Gasteiger partial charge in [-0.1, -0.05) is 0 Å². The number of nitrogens with zero attached hydrogens (tertiary/aromatic N) is 1. The Hall–Kier alpha value is -3.49. The Morgan fingerprint density at radius 3 is 2.25 bits per heavy atom. The molecule has 0 aliphatic carbocycles. The number of benzene rings is 2. The molecule has 28 heavy (non-hydrogen) atoms. The number of carbonyl (C=O) groups excluding carboxylic acids is 2. The standard InChI is InChI=1S/C19H18FNO7/c1-26-17-10-14(15(21(24)25)11-18(17)27-2)19(23)28-9-3-4-16(22)12-5-7-13(20)8-6-12/h5-8,10-11H,3-4,9H2,1-2H3. The monoisotopic (exact) mass is 391 g/mol. The van der Waals surface area contributed by atoms with Gasteiger partial charge in [-0.25, -0.2) is 9.18 Å². The van der Waals surface area contributed by atoms with Crippen molar-refractivity contribution in [3.05, 3.63) is 63.5 Å². The van der Waals surface area contributed by atoms with E-state index in [9.17, 15) is 24.1 Å². The highest BCUT2D eigenvalue weighted by atomic mass is 19.1. The molecule has 0 amide bonds. The van der Waals surface area contributed by atoms with Crippen LogP contribution in [0.3, 0.4) is 0 Å². The average Bonchev–Trinajstić information content (AvgIpc) is 2.70. The quantitative estimate of drug-likeness (QED) is 0.211. The molecule has 0 aliphatic heterocycles. The lowest BCUT2D eigenvalue weighted by Gasteiger charge is -2.10. The molecule has 0 heterocycles. The van der Waals surface area contributed by atoms with E-state index >= 15 is 0 Å². The van der Waals surface area contributed by atoms with Crippen LogP contribution < -0.4 is 9.47 Å². The van der Waals surface area contributed by atoms with Gasteiger partial charge in [-0.3, -0.25) is 14.9 Å². The Labute approximate surface area is 160 Å². The maximum Gasteiger partial charge on any atom is 0.345 e. The van der Waals surface area contributed by atoms with Gasteiger partial charge in [0, 0.05) is 18.1 Å². The van der Waals surface area contributed by atoms with Gasteiger partial charge in [-0.05, 0) is 30.7 Å². The van der Waals surface area contributed by atoms with Crippen LogP contribution >= 0.6 is 0 Å². The first kappa shape index (κ1) is 20.8. The maximum absolute atomic E-state index is 12.9. The Kier molecular flexibility index (Phi) is 7.02. The first-order valence-electron chi connectivity index (χ1n) is 8.23. The largest absolute Gasteiger partial charge is 0.493 e. The van der Waals surface area contributed by atoms with Crippen LogP contribution in [0.2, 0.25) is 0 Å². The van der Waals surface area contributed by atoms with Crippen molar-refractivity contribution in [2.24, 2.45) is 0 Å². The summed E-state index contributed by atoms with van der Waals surface area (Å²) in [6.45, 7) is -0.114. The van der Waals surface area contributed by atoms with Crippen molar-refractivity contribution in [3.8, 4) is 11.5 Å². The first-order valence-corrected chi connectivity index (χ1v) is 8.23. The normalized spacial score (nSPS) is 10.2. The predicted octanol–water partition coefficient (Wildman–Crippen LogP) is 3.57. The zero-order valence-electron chi connectivity index (χ0n) is 15.3. The summed E-state index contributed by atoms with van der Waals surface area (Å²) in [5.41, 5.74) is -0.416. The van der Waals surface area contributed by atoms with Crippen LogP contribution in [-0.4, -0.2) is 37.5 Å². The summed E-state index contributed by atoms with van der Waals surface area (Å²) in [7, 11) is 2.65. The minimum Gasteiger partial charge on any atom is -0.493 e. The van der Waals surface area contributed by atoms with Crippen LogP contribution in [-0.2, 0) is 4.74 Å². The molecule has 0 saturated carbocycles. The summed E-state index contributed by atoms with van der Waals surface area (Å²) in [4.78, 5) is 34.7. The fourth-order valence-corrected chi connectivity index (χ4v) is 2.44. The van der Waals surface area contributed by atoms with E-state index in [0.717, 1.165) is 6.07 Å². The van der Waals surface area contributed by atoms with Crippen LogP contribution in [0.25, 0.3) is 0 Å². The molecule has 9 heteroatoms. The van der Waals surface area contributed by atoms with Gasteiger partial charge in [-0.2, -0.15) is 0 Å². The summed E-state index contributed by atoms with van der Waals surface area (Å²) >= 11 is 0. The zero-order valence-corrected chi connectivity index (χ0v) is 15.3. The molecule has 0 unspecified atom stereocenters. The molecule has 0 N–H and O–H groups in total. The zero-order chi connectivity index (χ0) is 20.7. The molecule has 0 fully saturated rings. The molecule has 0 atom stereocenters. The number of methoxy groups -OCH3 is 2. The highest BCUT2D eigenvalue weighted by molar-refractivity contribution is 5.96. The Morgan fingerprint density at radius 2 is 1.68 bits per heavy atom. The van der Waals surface area contributed by atoms with Gasteiger partial charge in [0.2, 0.25) is 0 Å². The molecule has 0 saturated heterocycles. The highest BCUT2D eigenvalue weighted by Gasteiger charge is 2.25.